The van der Waals surface area contributed by atoms with Gasteiger partial charge in [-0.2, -0.15) is 0 Å². The first-order valence-corrected chi connectivity index (χ1v) is 11.5. The Bertz CT molecular complexity index is 959. The van der Waals surface area contributed by atoms with Crippen LogP contribution in [0, 0.1) is 0 Å². The summed E-state index contributed by atoms with van der Waals surface area (Å²) in [4.78, 5) is 12.5. The Labute approximate surface area is 169 Å². The van der Waals surface area contributed by atoms with Crippen LogP contribution in [0.5, 0.6) is 0 Å². The third-order valence-electron chi connectivity index (χ3n) is 4.78. The maximum atomic E-state index is 12.5. The number of hydrogen-bond donors (Lipinski definition) is 1. The average Bonchev–Trinajstić information content (AvgIpc) is 3.06. The molecule has 0 bridgehead atoms. The van der Waals surface area contributed by atoms with Gasteiger partial charge in [-0.05, 0) is 61.1 Å². The molecule has 2 aromatic rings. The van der Waals surface area contributed by atoms with Crippen LogP contribution in [0.2, 0.25) is 0 Å². The summed E-state index contributed by atoms with van der Waals surface area (Å²) >= 11 is 3.34. The summed E-state index contributed by atoms with van der Waals surface area (Å²) in [7, 11) is -3.59. The van der Waals surface area contributed by atoms with Gasteiger partial charge in [-0.1, -0.05) is 40.2 Å². The second-order valence-corrected chi connectivity index (χ2v) is 9.74. The molecule has 7 heteroatoms. The Hall–Kier alpha value is -1.86. The molecular formula is C20H23BrN2O3S. The Morgan fingerprint density at radius 1 is 1.19 bits per heavy atom. The summed E-state index contributed by atoms with van der Waals surface area (Å²) in [6.07, 6.45) is 4.47. The minimum atomic E-state index is -3.59. The van der Waals surface area contributed by atoms with Gasteiger partial charge in [0.05, 0.1) is 18.0 Å². The third-order valence-corrected chi connectivity index (χ3v) is 6.42. The SMILES string of the molecule is CC(NC(=O)CN(c1cccc(Br)c1)S(C)(=O)=O)c1ccc2c(c1)CCC2. The van der Waals surface area contributed by atoms with Gasteiger partial charge in [0.15, 0.2) is 0 Å². The number of halogens is 1. The van der Waals surface area contributed by atoms with Gasteiger partial charge in [0.25, 0.3) is 0 Å². The minimum Gasteiger partial charge on any atom is -0.348 e. The summed E-state index contributed by atoms with van der Waals surface area (Å²) in [5.41, 5.74) is 4.22. The summed E-state index contributed by atoms with van der Waals surface area (Å²) in [6, 6.07) is 13.0. The van der Waals surface area contributed by atoms with Crippen molar-refractivity contribution in [1.29, 1.82) is 0 Å². The van der Waals surface area contributed by atoms with Crippen LogP contribution in [0.25, 0.3) is 0 Å². The van der Waals surface area contributed by atoms with E-state index in [2.05, 4.69) is 33.4 Å². The van der Waals surface area contributed by atoms with Gasteiger partial charge in [0, 0.05) is 4.47 Å². The molecule has 5 nitrogen and oxygen atoms in total. The number of aryl methyl sites for hydroxylation is 2. The molecule has 27 heavy (non-hydrogen) atoms. The molecule has 3 rings (SSSR count). The average molecular weight is 451 g/mol. The van der Waals surface area contributed by atoms with E-state index >= 15 is 0 Å². The second-order valence-electron chi connectivity index (χ2n) is 6.92. The van der Waals surface area contributed by atoms with E-state index in [1.54, 1.807) is 24.3 Å². The number of hydrogen-bond acceptors (Lipinski definition) is 3. The zero-order valence-corrected chi connectivity index (χ0v) is 17.8. The molecule has 0 aromatic heterocycles. The number of nitrogens with zero attached hydrogens (tertiary/aromatic N) is 1. The van der Waals surface area contributed by atoms with Crippen molar-refractivity contribution in [2.75, 3.05) is 17.1 Å². The number of anilines is 1. The van der Waals surface area contributed by atoms with Crippen LogP contribution in [0.15, 0.2) is 46.9 Å². The van der Waals surface area contributed by atoms with Gasteiger partial charge >= 0.3 is 0 Å². The lowest BCUT2D eigenvalue weighted by Crippen LogP contribution is -2.41. The van der Waals surface area contributed by atoms with Crippen molar-refractivity contribution in [2.45, 2.75) is 32.2 Å². The molecule has 0 saturated carbocycles. The van der Waals surface area contributed by atoms with Crippen LogP contribution in [-0.2, 0) is 27.7 Å². The van der Waals surface area contributed by atoms with Crippen molar-refractivity contribution >= 4 is 37.5 Å². The first-order valence-electron chi connectivity index (χ1n) is 8.88. The monoisotopic (exact) mass is 450 g/mol. The number of benzene rings is 2. The number of fused-ring (bicyclic) bond motifs is 1. The van der Waals surface area contributed by atoms with E-state index in [9.17, 15) is 13.2 Å². The van der Waals surface area contributed by atoms with E-state index < -0.39 is 10.0 Å². The van der Waals surface area contributed by atoms with Crippen LogP contribution >= 0.6 is 15.9 Å². The van der Waals surface area contributed by atoms with E-state index in [1.807, 2.05) is 13.0 Å². The number of amides is 1. The molecule has 1 aliphatic rings. The maximum absolute atomic E-state index is 12.5. The van der Waals surface area contributed by atoms with Crippen molar-refractivity contribution in [2.24, 2.45) is 0 Å². The van der Waals surface area contributed by atoms with Crippen LogP contribution in [-0.4, -0.2) is 27.1 Å². The molecular weight excluding hydrogens is 428 g/mol. The smallest absolute Gasteiger partial charge is 0.241 e. The van der Waals surface area contributed by atoms with Gasteiger partial charge in [-0.25, -0.2) is 8.42 Å². The summed E-state index contributed by atoms with van der Waals surface area (Å²) < 4.78 is 26.3. The van der Waals surface area contributed by atoms with Crippen molar-refractivity contribution in [3.63, 3.8) is 0 Å². The van der Waals surface area contributed by atoms with Crippen LogP contribution < -0.4 is 9.62 Å². The highest BCUT2D eigenvalue weighted by atomic mass is 79.9. The normalized spacial score (nSPS) is 14.5. The Kier molecular flexibility index (Phi) is 5.91. The molecule has 1 unspecified atom stereocenters. The molecule has 0 heterocycles. The molecule has 2 aromatic carbocycles. The molecule has 0 fully saturated rings. The zero-order chi connectivity index (χ0) is 19.6. The summed E-state index contributed by atoms with van der Waals surface area (Å²) in [5.74, 6) is -0.339. The van der Waals surface area contributed by atoms with E-state index in [0.717, 1.165) is 33.4 Å². The Balaban J connectivity index is 1.72. The predicted octanol–water partition coefficient (Wildman–Crippen LogP) is 3.58. The van der Waals surface area contributed by atoms with Crippen LogP contribution in [0.3, 0.4) is 0 Å². The number of carbonyl (C=O) groups excluding carboxylic acids is 1. The van der Waals surface area contributed by atoms with Crippen molar-refractivity contribution in [1.82, 2.24) is 5.32 Å². The molecule has 144 valence electrons. The van der Waals surface area contributed by atoms with Crippen molar-refractivity contribution < 1.29 is 13.2 Å². The van der Waals surface area contributed by atoms with E-state index in [4.69, 9.17) is 0 Å². The lowest BCUT2D eigenvalue weighted by molar-refractivity contribution is -0.120. The quantitative estimate of drug-likeness (QED) is 0.730. The largest absolute Gasteiger partial charge is 0.348 e. The Morgan fingerprint density at radius 2 is 1.93 bits per heavy atom. The fraction of sp³-hybridized carbons (Fsp3) is 0.350. The first kappa shape index (κ1) is 19.9. The molecule has 0 spiro atoms. The van der Waals surface area contributed by atoms with Gasteiger partial charge in [0.2, 0.25) is 15.9 Å². The number of nitrogens with one attached hydrogen (secondary N) is 1. The molecule has 1 N–H and O–H groups in total. The lowest BCUT2D eigenvalue weighted by atomic mass is 10.0. The minimum absolute atomic E-state index is 0.188. The number of sulfonamides is 1. The topological polar surface area (TPSA) is 66.5 Å². The highest BCUT2D eigenvalue weighted by molar-refractivity contribution is 9.10. The van der Waals surface area contributed by atoms with E-state index in [0.29, 0.717) is 5.69 Å². The van der Waals surface area contributed by atoms with Crippen molar-refractivity contribution in [3.05, 3.63) is 63.6 Å². The van der Waals surface area contributed by atoms with Crippen LogP contribution in [0.4, 0.5) is 5.69 Å². The van der Waals surface area contributed by atoms with Crippen LogP contribution in [0.1, 0.15) is 36.1 Å². The third kappa shape index (κ3) is 4.90. The Morgan fingerprint density at radius 3 is 2.63 bits per heavy atom. The van der Waals surface area contributed by atoms with Gasteiger partial charge in [0.1, 0.15) is 6.54 Å². The highest BCUT2D eigenvalue weighted by Crippen LogP contribution is 2.26. The standard InChI is InChI=1S/C20H23BrN2O3S/c1-14(16-10-9-15-5-3-6-17(15)11-16)22-20(24)13-23(27(2,25)26)19-8-4-7-18(21)12-19/h4,7-12,14H,3,5-6,13H2,1-2H3,(H,22,24). The molecule has 0 aliphatic heterocycles. The zero-order valence-electron chi connectivity index (χ0n) is 15.4. The van der Waals surface area contributed by atoms with Gasteiger partial charge in [-0.15, -0.1) is 0 Å². The highest BCUT2D eigenvalue weighted by Gasteiger charge is 2.22. The molecule has 1 amide bonds. The fourth-order valence-electron chi connectivity index (χ4n) is 3.39. The number of carbonyl (C=O) groups is 1. The van der Waals surface area contributed by atoms with Crippen molar-refractivity contribution in [3.8, 4) is 0 Å². The molecule has 1 atom stereocenters. The first-order chi connectivity index (χ1) is 12.7. The molecule has 1 aliphatic carbocycles. The van der Waals surface area contributed by atoms with E-state index in [-0.39, 0.29) is 18.5 Å². The fourth-order valence-corrected chi connectivity index (χ4v) is 4.63. The predicted molar refractivity (Wildman–Crippen MR) is 111 cm³/mol. The molecule has 0 saturated heterocycles. The lowest BCUT2D eigenvalue weighted by Gasteiger charge is -2.23. The van der Waals surface area contributed by atoms with E-state index in [1.165, 1.54) is 17.5 Å². The summed E-state index contributed by atoms with van der Waals surface area (Å²) in [5, 5.41) is 2.92. The second kappa shape index (κ2) is 8.02. The van der Waals surface area contributed by atoms with Gasteiger partial charge in [-0.3, -0.25) is 9.10 Å². The number of rotatable bonds is 6. The summed E-state index contributed by atoms with van der Waals surface area (Å²) in [6.45, 7) is 1.66. The maximum Gasteiger partial charge on any atom is 0.241 e. The molecule has 0 radical (unpaired) electrons. The van der Waals surface area contributed by atoms with Gasteiger partial charge < -0.3 is 5.32 Å².